The first-order valence-electron chi connectivity index (χ1n) is 14.8. The van der Waals surface area contributed by atoms with Crippen LogP contribution >= 0.6 is 23.2 Å². The lowest BCUT2D eigenvalue weighted by atomic mass is 9.89. The fraction of sp³-hybridized carbons (Fsp3) is 0.143. The van der Waals surface area contributed by atoms with E-state index in [-0.39, 0.29) is 11.9 Å². The number of carbonyl (C=O) groups excluding carboxylic acids is 1. The van der Waals surface area contributed by atoms with Crippen molar-refractivity contribution in [1.29, 1.82) is 0 Å². The van der Waals surface area contributed by atoms with Gasteiger partial charge in [-0.1, -0.05) is 83.9 Å². The second-order valence-corrected chi connectivity index (χ2v) is 13.3. The van der Waals surface area contributed by atoms with Gasteiger partial charge in [-0.2, -0.15) is 8.42 Å². The Balaban J connectivity index is 1.31. The highest BCUT2D eigenvalue weighted by Crippen LogP contribution is 2.36. The molecule has 1 aliphatic heterocycles. The van der Waals surface area contributed by atoms with E-state index in [1.807, 2.05) is 66.7 Å². The maximum Gasteiger partial charge on any atom is 0.330 e. The van der Waals surface area contributed by atoms with Gasteiger partial charge in [0.05, 0.1) is 41.3 Å². The molecule has 0 amide bonds. The lowest BCUT2D eigenvalue weighted by molar-refractivity contribution is -0.143. The van der Waals surface area contributed by atoms with Crippen LogP contribution in [0.25, 0.3) is 22.4 Å². The summed E-state index contributed by atoms with van der Waals surface area (Å²) in [4.78, 5) is 19.9. The highest BCUT2D eigenvalue weighted by molar-refractivity contribution is 7.91. The maximum absolute atomic E-state index is 12.4. The summed E-state index contributed by atoms with van der Waals surface area (Å²) >= 11 is 12.6. The number of aromatic nitrogens is 2. The Morgan fingerprint density at radius 2 is 1.57 bits per heavy atom. The first-order valence-corrected chi connectivity index (χ1v) is 17.0. The summed E-state index contributed by atoms with van der Waals surface area (Å²) < 4.78 is 32.9. The molecule has 5 aromatic rings. The molecule has 240 valence electrons. The molecule has 3 N–H and O–H groups in total. The third-order valence-corrected chi connectivity index (χ3v) is 9.61. The van der Waals surface area contributed by atoms with Crippen LogP contribution < -0.4 is 9.03 Å². The molecule has 1 atom stereocenters. The van der Waals surface area contributed by atoms with Crippen LogP contribution in [0.15, 0.2) is 109 Å². The van der Waals surface area contributed by atoms with Gasteiger partial charge in [-0.25, -0.2) is 14.0 Å². The summed E-state index contributed by atoms with van der Waals surface area (Å²) in [6.45, 7) is 2.17. The average Bonchev–Trinajstić information content (AvgIpc) is 3.64. The fourth-order valence-corrected chi connectivity index (χ4v) is 7.03. The molecule has 0 spiro atoms. The zero-order valence-corrected chi connectivity index (χ0v) is 27.5. The fourth-order valence-electron chi connectivity index (χ4n) is 5.46. The number of nitrogens with zero attached hydrogens (tertiary/aromatic N) is 2. The van der Waals surface area contributed by atoms with Gasteiger partial charge in [0.15, 0.2) is 0 Å². The molecule has 1 aromatic heterocycles. The number of hydrogen-bond donors (Lipinski definition) is 3. The zero-order chi connectivity index (χ0) is 33.1. The molecule has 0 aliphatic carbocycles. The lowest BCUT2D eigenvalue weighted by Crippen LogP contribution is -2.29. The molecular weight excluding hydrogens is 659 g/mol. The van der Waals surface area contributed by atoms with Crippen LogP contribution in [0.5, 0.6) is 0 Å². The molecule has 47 heavy (non-hydrogen) atoms. The van der Waals surface area contributed by atoms with Gasteiger partial charge >= 0.3 is 16.2 Å². The number of nitrogens with one attached hydrogen (secondary N) is 2. The van der Waals surface area contributed by atoms with Gasteiger partial charge in [0.25, 0.3) is 0 Å². The van der Waals surface area contributed by atoms with E-state index >= 15 is 0 Å². The topological polar surface area (TPSA) is 125 Å². The summed E-state index contributed by atoms with van der Waals surface area (Å²) in [5, 5.41) is 10.7. The Morgan fingerprint density at radius 1 is 0.936 bits per heavy atom. The summed E-state index contributed by atoms with van der Waals surface area (Å²) in [5.41, 5.74) is 6.74. The van der Waals surface area contributed by atoms with E-state index in [0.29, 0.717) is 41.0 Å². The molecule has 1 aliphatic rings. The normalized spacial score (nSPS) is 14.4. The van der Waals surface area contributed by atoms with E-state index in [9.17, 15) is 18.3 Å². The van der Waals surface area contributed by atoms with Crippen molar-refractivity contribution in [3.05, 3.63) is 142 Å². The number of halogens is 2. The second-order valence-electron chi connectivity index (χ2n) is 10.9. The molecule has 0 saturated heterocycles. The van der Waals surface area contributed by atoms with Crippen LogP contribution in [0.1, 0.15) is 41.8 Å². The van der Waals surface area contributed by atoms with E-state index in [4.69, 9.17) is 32.9 Å². The molecule has 9 nitrogen and oxygen atoms in total. The average molecular weight is 690 g/mol. The van der Waals surface area contributed by atoms with Crippen molar-refractivity contribution in [2.75, 3.05) is 10.9 Å². The number of anilines is 1. The largest absolute Gasteiger partial charge is 0.493 e. The van der Waals surface area contributed by atoms with Crippen LogP contribution in [0.2, 0.25) is 10.0 Å². The zero-order valence-electron chi connectivity index (χ0n) is 25.2. The van der Waals surface area contributed by atoms with Crippen molar-refractivity contribution < 1.29 is 23.1 Å². The van der Waals surface area contributed by atoms with Gasteiger partial charge in [-0.05, 0) is 71.5 Å². The van der Waals surface area contributed by atoms with E-state index in [1.54, 1.807) is 37.4 Å². The van der Waals surface area contributed by atoms with Crippen molar-refractivity contribution in [2.24, 2.45) is 0 Å². The van der Waals surface area contributed by atoms with Crippen LogP contribution in [-0.2, 0) is 26.2 Å². The highest BCUT2D eigenvalue weighted by atomic mass is 35.5. The number of esters is 1. The SMILES string of the molecule is CCOC(=O)CCc1ccc(-c2ccc(C(c3ccc(N4C=C(O)NS4(=O)=O)cc3)c3ncc(-c4ccc(Cl)cc4Cl)[nH]3)cc2)cc1. The van der Waals surface area contributed by atoms with Gasteiger partial charge < -0.3 is 14.8 Å². The molecule has 4 aromatic carbocycles. The van der Waals surface area contributed by atoms with Crippen molar-refractivity contribution in [1.82, 2.24) is 14.7 Å². The molecule has 6 rings (SSSR count). The quantitative estimate of drug-likeness (QED) is 0.129. The second kappa shape index (κ2) is 13.5. The van der Waals surface area contributed by atoms with E-state index < -0.39 is 16.1 Å². The number of benzene rings is 4. The number of ether oxygens (including phenoxy) is 1. The molecule has 12 heteroatoms. The third kappa shape index (κ3) is 7.15. The minimum atomic E-state index is -3.93. The Labute approximate surface area is 282 Å². The molecular formula is C35H30Cl2N4O5S. The number of imidazole rings is 1. The van der Waals surface area contributed by atoms with E-state index in [0.717, 1.165) is 49.6 Å². The predicted octanol–water partition coefficient (Wildman–Crippen LogP) is 7.74. The minimum Gasteiger partial charge on any atom is -0.493 e. The van der Waals surface area contributed by atoms with Crippen LogP contribution in [0.3, 0.4) is 0 Å². The number of hydrogen-bond acceptors (Lipinski definition) is 6. The number of aromatic amines is 1. The van der Waals surface area contributed by atoms with Gasteiger partial charge in [-0.15, -0.1) is 0 Å². The standard InChI is InChI=1S/C35H30Cl2N4O5S/c1-2-46-33(43)18-5-22-3-6-23(7-4-22)24-8-10-25(11-9-24)34(35-38-20-31(39-35)29-17-14-27(36)19-30(29)37)26-12-15-28(16-13-26)41-21-32(42)40-47(41,44)45/h3-4,6-17,19-21,34,40,42H,2,5,18H2,1H3,(H,38,39). The maximum atomic E-state index is 12.4. The van der Waals surface area contributed by atoms with E-state index in [1.165, 1.54) is 0 Å². The molecule has 2 heterocycles. The first kappa shape index (κ1) is 32.2. The Morgan fingerprint density at radius 3 is 2.17 bits per heavy atom. The highest BCUT2D eigenvalue weighted by Gasteiger charge is 2.29. The Hall–Kier alpha value is -4.77. The molecule has 0 saturated carbocycles. The summed E-state index contributed by atoms with van der Waals surface area (Å²) in [7, 11) is -3.93. The third-order valence-electron chi connectivity index (χ3n) is 7.76. The van der Waals surface area contributed by atoms with E-state index in [2.05, 4.69) is 9.71 Å². The van der Waals surface area contributed by atoms with Crippen molar-refractivity contribution >= 4 is 45.1 Å². The van der Waals surface area contributed by atoms with Gasteiger partial charge in [-0.3, -0.25) is 4.79 Å². The smallest absolute Gasteiger partial charge is 0.330 e. The Bertz CT molecular complexity index is 2050. The van der Waals surface area contributed by atoms with Crippen molar-refractivity contribution in [2.45, 2.75) is 25.7 Å². The molecule has 0 radical (unpaired) electrons. The number of carbonyl (C=O) groups is 1. The summed E-state index contributed by atoms with van der Waals surface area (Å²) in [6.07, 6.45) is 3.79. The van der Waals surface area contributed by atoms with Crippen LogP contribution in [0.4, 0.5) is 5.69 Å². The van der Waals surface area contributed by atoms with Gasteiger partial charge in [0.1, 0.15) is 5.82 Å². The van der Waals surface area contributed by atoms with Gasteiger partial charge in [0.2, 0.25) is 5.88 Å². The molecule has 1 unspecified atom stereocenters. The van der Waals surface area contributed by atoms with Crippen LogP contribution in [0, 0.1) is 0 Å². The summed E-state index contributed by atoms with van der Waals surface area (Å²) in [6, 6.07) is 28.5. The monoisotopic (exact) mass is 688 g/mol. The van der Waals surface area contributed by atoms with Crippen molar-refractivity contribution in [3.63, 3.8) is 0 Å². The van der Waals surface area contributed by atoms with Gasteiger partial charge in [0, 0.05) is 17.0 Å². The van der Waals surface area contributed by atoms with Crippen molar-refractivity contribution in [3.8, 4) is 22.4 Å². The Kier molecular flexibility index (Phi) is 9.26. The summed E-state index contributed by atoms with van der Waals surface area (Å²) in [5.74, 6) is -0.348. The molecule has 0 fully saturated rings. The molecule has 0 bridgehead atoms. The first-order chi connectivity index (χ1) is 22.6. The number of aliphatic hydroxyl groups is 1. The number of aryl methyl sites for hydroxylation is 1. The minimum absolute atomic E-state index is 0.203. The van der Waals surface area contributed by atoms with Crippen LogP contribution in [-0.4, -0.2) is 36.1 Å². The number of H-pyrrole nitrogens is 1. The number of aliphatic hydroxyl groups excluding tert-OH is 1. The lowest BCUT2D eigenvalue weighted by Gasteiger charge is -2.19. The predicted molar refractivity (Wildman–Crippen MR) is 184 cm³/mol. The number of rotatable bonds is 10.